The Morgan fingerprint density at radius 2 is 2.06 bits per heavy atom. The molecule has 2 atom stereocenters. The molecule has 0 amide bonds. The Morgan fingerprint density at radius 3 is 2.70 bits per heavy atom. The molecule has 2 heterocycles. The van der Waals surface area contributed by atoms with Crippen LogP contribution >= 0.6 is 11.3 Å². The van der Waals surface area contributed by atoms with Gasteiger partial charge in [0, 0.05) is 17.7 Å². The van der Waals surface area contributed by atoms with Crippen LogP contribution in [0.2, 0.25) is 0 Å². The molecule has 4 nitrogen and oxygen atoms in total. The molecule has 2 unspecified atom stereocenters. The number of aliphatic imine (C=N–C) groups is 1. The Labute approximate surface area is 204 Å². The summed E-state index contributed by atoms with van der Waals surface area (Å²) in [6, 6.07) is 4.01. The van der Waals surface area contributed by atoms with Crippen LogP contribution in [0.25, 0.3) is 0 Å². The number of carbonyl (C=O) groups excluding carboxylic acids is 2. The molecular formula is C28H42N2O2S. The standard InChI is InChI=1S/C28H42N2O2S/c1-6-9-22(11-7-10-21(4)25(31)18-24-12-8-15-33-24)13-14-23-16-26(32)28(5,19-20(2)3)30-27(29)17-23/h8,10,12,15,17,20,22H,6-7,9,11,13-14,16,18-19H2,1-5H3,(H2,29,30)/b21-10-. The van der Waals surface area contributed by atoms with E-state index in [1.807, 2.05) is 37.4 Å². The van der Waals surface area contributed by atoms with Gasteiger partial charge in [0.05, 0.1) is 0 Å². The lowest BCUT2D eigenvalue weighted by Crippen LogP contribution is -2.35. The van der Waals surface area contributed by atoms with Gasteiger partial charge in [-0.1, -0.05) is 51.3 Å². The van der Waals surface area contributed by atoms with Gasteiger partial charge in [0.25, 0.3) is 0 Å². The van der Waals surface area contributed by atoms with Crippen molar-refractivity contribution in [3.63, 3.8) is 0 Å². The van der Waals surface area contributed by atoms with Crippen LogP contribution in [0, 0.1) is 11.8 Å². The van der Waals surface area contributed by atoms with E-state index in [1.54, 1.807) is 11.3 Å². The van der Waals surface area contributed by atoms with Gasteiger partial charge in [-0.15, -0.1) is 11.3 Å². The second-order valence-corrected chi connectivity index (χ2v) is 11.2. The van der Waals surface area contributed by atoms with E-state index in [0.717, 1.165) is 61.0 Å². The molecule has 0 radical (unpaired) electrons. The second kappa shape index (κ2) is 13.0. The molecule has 33 heavy (non-hydrogen) atoms. The number of amidine groups is 1. The number of Topliss-reactive ketones (excluding diaryl/α,β-unsaturated/α-hetero) is 2. The molecule has 0 aromatic carbocycles. The minimum absolute atomic E-state index is 0.178. The number of hydrogen-bond donors (Lipinski definition) is 1. The Kier molecular flexibility index (Phi) is 10.7. The first-order chi connectivity index (χ1) is 15.6. The summed E-state index contributed by atoms with van der Waals surface area (Å²) in [5.74, 6) is 1.84. The minimum Gasteiger partial charge on any atom is -0.384 e. The number of rotatable bonds is 13. The number of nitrogens with zero attached hydrogens (tertiary/aromatic N) is 1. The lowest BCUT2D eigenvalue weighted by molar-refractivity contribution is -0.123. The maximum atomic E-state index is 13.0. The number of thiophene rings is 1. The molecule has 1 aliphatic rings. The molecule has 182 valence electrons. The predicted molar refractivity (Wildman–Crippen MR) is 141 cm³/mol. The van der Waals surface area contributed by atoms with Crippen LogP contribution < -0.4 is 5.73 Å². The zero-order chi connectivity index (χ0) is 24.4. The van der Waals surface area contributed by atoms with Crippen LogP contribution in [-0.4, -0.2) is 22.9 Å². The lowest BCUT2D eigenvalue weighted by atomic mass is 9.84. The molecule has 0 saturated heterocycles. The summed E-state index contributed by atoms with van der Waals surface area (Å²) in [6.45, 7) is 10.3. The molecule has 0 saturated carbocycles. The molecule has 0 spiro atoms. The average molecular weight is 471 g/mol. The van der Waals surface area contributed by atoms with Gasteiger partial charge >= 0.3 is 0 Å². The fraction of sp³-hybridized carbons (Fsp3) is 0.607. The SMILES string of the molecule is CCCC(CC/C=C(/C)C(=O)Cc1cccs1)CCC1=CC(N)=NC(C)(CC(C)C)C(=O)C1. The highest BCUT2D eigenvalue weighted by atomic mass is 32.1. The quantitative estimate of drug-likeness (QED) is 0.321. The van der Waals surface area contributed by atoms with Crippen molar-refractivity contribution < 1.29 is 9.59 Å². The summed E-state index contributed by atoms with van der Waals surface area (Å²) < 4.78 is 0. The number of hydrogen-bond acceptors (Lipinski definition) is 5. The first kappa shape index (κ1) is 27.2. The van der Waals surface area contributed by atoms with E-state index < -0.39 is 5.54 Å². The second-order valence-electron chi connectivity index (χ2n) is 10.1. The number of nitrogens with two attached hydrogens (primary N) is 1. The smallest absolute Gasteiger partial charge is 0.164 e. The van der Waals surface area contributed by atoms with Gasteiger partial charge in [-0.05, 0) is 80.9 Å². The topological polar surface area (TPSA) is 72.5 Å². The molecular weight excluding hydrogens is 428 g/mol. The maximum Gasteiger partial charge on any atom is 0.164 e. The zero-order valence-corrected chi connectivity index (χ0v) is 22.0. The molecule has 0 aliphatic carbocycles. The molecule has 0 bridgehead atoms. The molecule has 1 aromatic rings. The summed E-state index contributed by atoms with van der Waals surface area (Å²) in [6.07, 6.45) is 11.9. The summed E-state index contributed by atoms with van der Waals surface area (Å²) >= 11 is 1.63. The van der Waals surface area contributed by atoms with Crippen molar-refractivity contribution in [2.75, 3.05) is 0 Å². The van der Waals surface area contributed by atoms with Crippen molar-refractivity contribution in [1.29, 1.82) is 0 Å². The van der Waals surface area contributed by atoms with Crippen LogP contribution in [0.15, 0.2) is 45.8 Å². The van der Waals surface area contributed by atoms with Gasteiger partial charge in [-0.25, -0.2) is 0 Å². The van der Waals surface area contributed by atoms with E-state index >= 15 is 0 Å². The summed E-state index contributed by atoms with van der Waals surface area (Å²) in [5, 5.41) is 2.01. The molecule has 1 aromatic heterocycles. The van der Waals surface area contributed by atoms with Crippen LogP contribution in [0.5, 0.6) is 0 Å². The number of ketones is 2. The largest absolute Gasteiger partial charge is 0.384 e. The Bertz CT molecular complexity index is 880. The highest BCUT2D eigenvalue weighted by Gasteiger charge is 2.35. The van der Waals surface area contributed by atoms with Gasteiger partial charge in [-0.3, -0.25) is 14.6 Å². The molecule has 2 N–H and O–H groups in total. The molecule has 2 rings (SSSR count). The van der Waals surface area contributed by atoms with E-state index in [2.05, 4.69) is 31.8 Å². The van der Waals surface area contributed by atoms with Crippen LogP contribution in [-0.2, 0) is 16.0 Å². The minimum atomic E-state index is -0.711. The van der Waals surface area contributed by atoms with Crippen molar-refractivity contribution in [3.05, 3.63) is 45.7 Å². The van der Waals surface area contributed by atoms with E-state index in [0.29, 0.717) is 30.5 Å². The fourth-order valence-corrected chi connectivity index (χ4v) is 5.45. The normalized spacial score (nSPS) is 20.4. The Morgan fingerprint density at radius 1 is 1.30 bits per heavy atom. The van der Waals surface area contributed by atoms with E-state index in [1.165, 1.54) is 0 Å². The van der Waals surface area contributed by atoms with E-state index in [-0.39, 0.29) is 11.6 Å². The lowest BCUT2D eigenvalue weighted by Gasteiger charge is -2.25. The van der Waals surface area contributed by atoms with E-state index in [9.17, 15) is 9.59 Å². The highest BCUT2D eigenvalue weighted by molar-refractivity contribution is 7.10. The third-order valence-electron chi connectivity index (χ3n) is 6.47. The first-order valence-electron chi connectivity index (χ1n) is 12.4. The first-order valence-corrected chi connectivity index (χ1v) is 13.3. The monoisotopic (exact) mass is 470 g/mol. The third kappa shape index (κ3) is 9.04. The van der Waals surface area contributed by atoms with Gasteiger partial charge in [0.1, 0.15) is 11.4 Å². The van der Waals surface area contributed by atoms with Gasteiger partial charge < -0.3 is 5.73 Å². The Balaban J connectivity index is 1.90. The molecule has 1 aliphatic heterocycles. The number of allylic oxidation sites excluding steroid dienone is 3. The van der Waals surface area contributed by atoms with E-state index in [4.69, 9.17) is 5.73 Å². The zero-order valence-electron chi connectivity index (χ0n) is 21.2. The molecule has 5 heteroatoms. The highest BCUT2D eigenvalue weighted by Crippen LogP contribution is 2.30. The van der Waals surface area contributed by atoms with Crippen LogP contribution in [0.1, 0.15) is 90.9 Å². The van der Waals surface area contributed by atoms with Crippen molar-refractivity contribution >= 4 is 28.7 Å². The summed E-state index contributed by atoms with van der Waals surface area (Å²) in [4.78, 5) is 31.1. The molecule has 0 fully saturated rings. The van der Waals surface area contributed by atoms with Crippen LogP contribution in [0.3, 0.4) is 0 Å². The van der Waals surface area contributed by atoms with Crippen molar-refractivity contribution in [2.45, 2.75) is 97.9 Å². The predicted octanol–water partition coefficient (Wildman–Crippen LogP) is 6.84. The summed E-state index contributed by atoms with van der Waals surface area (Å²) in [7, 11) is 0. The van der Waals surface area contributed by atoms with Crippen molar-refractivity contribution in [2.24, 2.45) is 22.6 Å². The third-order valence-corrected chi connectivity index (χ3v) is 7.35. The van der Waals surface area contributed by atoms with Gasteiger partial charge in [0.2, 0.25) is 0 Å². The van der Waals surface area contributed by atoms with Crippen LogP contribution in [0.4, 0.5) is 0 Å². The van der Waals surface area contributed by atoms with Gasteiger partial charge in [-0.2, -0.15) is 0 Å². The number of carbonyl (C=O) groups is 2. The maximum absolute atomic E-state index is 13.0. The average Bonchev–Trinajstić information content (AvgIpc) is 3.20. The van der Waals surface area contributed by atoms with Crippen molar-refractivity contribution in [1.82, 2.24) is 0 Å². The summed E-state index contributed by atoms with van der Waals surface area (Å²) in [5.41, 5.74) is 7.43. The van der Waals surface area contributed by atoms with Crippen molar-refractivity contribution in [3.8, 4) is 0 Å². The fourth-order valence-electron chi connectivity index (χ4n) is 4.74. The Hall–Kier alpha value is -2.01. The van der Waals surface area contributed by atoms with Gasteiger partial charge in [0.15, 0.2) is 11.6 Å².